The highest BCUT2D eigenvalue weighted by Crippen LogP contribution is 2.25. The molecule has 1 aliphatic heterocycles. The molecule has 0 radical (unpaired) electrons. The third kappa shape index (κ3) is 3.80. The zero-order valence-corrected chi connectivity index (χ0v) is 13.9. The number of β-amino-alcohol motifs (C(OH)–C–C–N with tert-alkyl or cyclic N) is 1. The normalized spacial score (nSPS) is 21.6. The summed E-state index contributed by atoms with van der Waals surface area (Å²) in [6, 6.07) is 9.85. The second kappa shape index (κ2) is 7.11. The number of nitrogens with one attached hydrogen (secondary N) is 1. The molecule has 1 aromatic heterocycles. The van der Waals surface area contributed by atoms with Crippen LogP contribution in [0.3, 0.4) is 0 Å². The van der Waals surface area contributed by atoms with Crippen LogP contribution >= 0.6 is 0 Å². The van der Waals surface area contributed by atoms with Crippen LogP contribution < -0.4 is 5.32 Å². The van der Waals surface area contributed by atoms with Crippen LogP contribution in [0, 0.1) is 0 Å². The van der Waals surface area contributed by atoms with E-state index in [0.29, 0.717) is 19.5 Å². The SMILES string of the molecule is CNC(=O)CC1(O)CCCN(Cc2ncnn2-c2ccccc2)C1. The molecule has 0 aliphatic carbocycles. The number of carbonyl (C=O) groups is 1. The summed E-state index contributed by atoms with van der Waals surface area (Å²) in [7, 11) is 1.59. The van der Waals surface area contributed by atoms with Crippen molar-refractivity contribution in [1.29, 1.82) is 0 Å². The number of para-hydroxylation sites is 1. The summed E-state index contributed by atoms with van der Waals surface area (Å²) in [5, 5.41) is 17.6. The third-order valence-corrected chi connectivity index (χ3v) is 4.39. The zero-order valence-electron chi connectivity index (χ0n) is 13.9. The van der Waals surface area contributed by atoms with Gasteiger partial charge in [-0.25, -0.2) is 9.67 Å². The summed E-state index contributed by atoms with van der Waals surface area (Å²) in [6.45, 7) is 1.92. The van der Waals surface area contributed by atoms with Gasteiger partial charge in [0, 0.05) is 13.6 Å². The van der Waals surface area contributed by atoms with Gasteiger partial charge in [0.25, 0.3) is 0 Å². The van der Waals surface area contributed by atoms with Crippen molar-refractivity contribution in [3.8, 4) is 5.69 Å². The fraction of sp³-hybridized carbons (Fsp3) is 0.471. The van der Waals surface area contributed by atoms with Gasteiger partial charge in [-0.1, -0.05) is 18.2 Å². The molecule has 1 saturated heterocycles. The molecule has 0 bridgehead atoms. The molecule has 128 valence electrons. The number of hydrogen-bond acceptors (Lipinski definition) is 5. The second-order valence-electron chi connectivity index (χ2n) is 6.31. The van der Waals surface area contributed by atoms with Crippen molar-refractivity contribution in [3.63, 3.8) is 0 Å². The Bertz CT molecular complexity index is 687. The molecule has 1 atom stereocenters. The maximum atomic E-state index is 11.6. The molecule has 1 amide bonds. The topological polar surface area (TPSA) is 83.3 Å². The van der Waals surface area contributed by atoms with Crippen LogP contribution in [0.5, 0.6) is 0 Å². The molecular formula is C17H23N5O2. The van der Waals surface area contributed by atoms with Gasteiger partial charge in [0.15, 0.2) is 0 Å². The maximum Gasteiger partial charge on any atom is 0.222 e. The Morgan fingerprint density at radius 1 is 1.38 bits per heavy atom. The van der Waals surface area contributed by atoms with E-state index in [-0.39, 0.29) is 12.3 Å². The molecule has 7 heteroatoms. The number of benzene rings is 1. The number of nitrogens with zero attached hydrogens (tertiary/aromatic N) is 4. The number of piperidine rings is 1. The summed E-state index contributed by atoms with van der Waals surface area (Å²) in [5.74, 6) is 0.692. The highest BCUT2D eigenvalue weighted by atomic mass is 16.3. The van der Waals surface area contributed by atoms with Crippen LogP contribution in [-0.2, 0) is 11.3 Å². The van der Waals surface area contributed by atoms with Crippen LogP contribution in [0.15, 0.2) is 36.7 Å². The predicted octanol–water partition coefficient (Wildman–Crippen LogP) is 0.730. The van der Waals surface area contributed by atoms with Crippen LogP contribution in [0.4, 0.5) is 0 Å². The van der Waals surface area contributed by atoms with E-state index in [1.54, 1.807) is 13.4 Å². The van der Waals surface area contributed by atoms with E-state index >= 15 is 0 Å². The molecule has 1 fully saturated rings. The Balaban J connectivity index is 1.71. The van der Waals surface area contributed by atoms with Crippen molar-refractivity contribution in [3.05, 3.63) is 42.5 Å². The van der Waals surface area contributed by atoms with Gasteiger partial charge >= 0.3 is 0 Å². The van der Waals surface area contributed by atoms with Gasteiger partial charge in [0.2, 0.25) is 5.91 Å². The lowest BCUT2D eigenvalue weighted by Gasteiger charge is -2.38. The third-order valence-electron chi connectivity index (χ3n) is 4.39. The summed E-state index contributed by atoms with van der Waals surface area (Å²) < 4.78 is 1.81. The van der Waals surface area contributed by atoms with Crippen molar-refractivity contribution in [2.75, 3.05) is 20.1 Å². The maximum absolute atomic E-state index is 11.6. The van der Waals surface area contributed by atoms with Crippen LogP contribution in [0.1, 0.15) is 25.1 Å². The molecule has 2 aromatic rings. The zero-order chi connectivity index (χ0) is 17.0. The van der Waals surface area contributed by atoms with Gasteiger partial charge in [-0.15, -0.1) is 0 Å². The first-order valence-electron chi connectivity index (χ1n) is 8.19. The highest BCUT2D eigenvalue weighted by molar-refractivity contribution is 5.76. The van der Waals surface area contributed by atoms with E-state index in [1.807, 2.05) is 35.0 Å². The molecule has 1 aliphatic rings. The Hall–Kier alpha value is -2.25. The summed E-state index contributed by atoms with van der Waals surface area (Å²) in [6.07, 6.45) is 3.17. The monoisotopic (exact) mass is 329 g/mol. The van der Waals surface area contributed by atoms with Crippen LogP contribution in [-0.4, -0.2) is 56.4 Å². The lowest BCUT2D eigenvalue weighted by Crippen LogP contribution is -2.50. The number of likely N-dealkylation sites (tertiary alicyclic amines) is 1. The first-order valence-corrected chi connectivity index (χ1v) is 8.19. The summed E-state index contributed by atoms with van der Waals surface area (Å²) >= 11 is 0. The van der Waals surface area contributed by atoms with Crippen LogP contribution in [0.2, 0.25) is 0 Å². The lowest BCUT2D eigenvalue weighted by atomic mass is 9.89. The summed E-state index contributed by atoms with van der Waals surface area (Å²) in [4.78, 5) is 18.1. The number of aliphatic hydroxyl groups is 1. The summed E-state index contributed by atoms with van der Waals surface area (Å²) in [5.41, 5.74) is -0.0155. The van der Waals surface area contributed by atoms with Crippen molar-refractivity contribution in [2.24, 2.45) is 0 Å². The first kappa shape index (κ1) is 16.6. The first-order chi connectivity index (χ1) is 11.6. The Labute approximate surface area is 141 Å². The largest absolute Gasteiger partial charge is 0.388 e. The molecule has 0 saturated carbocycles. The molecular weight excluding hydrogens is 306 g/mol. The minimum absolute atomic E-state index is 0.130. The molecule has 1 aromatic carbocycles. The van der Waals surface area contributed by atoms with Gasteiger partial charge in [0.05, 0.1) is 24.3 Å². The minimum Gasteiger partial charge on any atom is -0.388 e. The number of rotatable bonds is 5. The average molecular weight is 329 g/mol. The van der Waals surface area contributed by atoms with Crippen molar-refractivity contribution in [2.45, 2.75) is 31.4 Å². The van der Waals surface area contributed by atoms with Gasteiger partial charge in [-0.05, 0) is 31.5 Å². The molecule has 0 spiro atoms. The van der Waals surface area contributed by atoms with E-state index < -0.39 is 5.60 Å². The number of aromatic nitrogens is 3. The number of amides is 1. The molecule has 3 rings (SSSR count). The molecule has 1 unspecified atom stereocenters. The standard InChI is InChI=1S/C17H23N5O2/c1-18-16(23)10-17(24)8-5-9-21(12-17)11-15-19-13-20-22(15)14-6-3-2-4-7-14/h2-4,6-7,13,24H,5,8-12H2,1H3,(H,18,23). The van der Waals surface area contributed by atoms with Gasteiger partial charge in [0.1, 0.15) is 12.2 Å². The fourth-order valence-electron chi connectivity index (χ4n) is 3.23. The second-order valence-corrected chi connectivity index (χ2v) is 6.31. The Morgan fingerprint density at radius 2 is 2.17 bits per heavy atom. The molecule has 2 heterocycles. The number of carbonyl (C=O) groups excluding carboxylic acids is 1. The van der Waals surface area contributed by atoms with Crippen LogP contribution in [0.25, 0.3) is 5.69 Å². The Morgan fingerprint density at radius 3 is 2.92 bits per heavy atom. The lowest BCUT2D eigenvalue weighted by molar-refractivity contribution is -0.128. The van der Waals surface area contributed by atoms with Gasteiger partial charge in [-0.2, -0.15) is 5.10 Å². The molecule has 7 nitrogen and oxygen atoms in total. The molecule has 24 heavy (non-hydrogen) atoms. The number of hydrogen-bond donors (Lipinski definition) is 2. The van der Waals surface area contributed by atoms with E-state index in [4.69, 9.17) is 0 Å². The van der Waals surface area contributed by atoms with Crippen molar-refractivity contribution < 1.29 is 9.90 Å². The smallest absolute Gasteiger partial charge is 0.222 e. The van der Waals surface area contributed by atoms with E-state index in [0.717, 1.165) is 24.5 Å². The van der Waals surface area contributed by atoms with Gasteiger partial charge < -0.3 is 10.4 Å². The predicted molar refractivity (Wildman–Crippen MR) is 89.5 cm³/mol. The fourth-order valence-corrected chi connectivity index (χ4v) is 3.23. The Kier molecular flexibility index (Phi) is 4.92. The quantitative estimate of drug-likeness (QED) is 0.845. The van der Waals surface area contributed by atoms with Crippen molar-refractivity contribution >= 4 is 5.91 Å². The average Bonchev–Trinajstić information content (AvgIpc) is 3.03. The van der Waals surface area contributed by atoms with Crippen molar-refractivity contribution in [1.82, 2.24) is 25.0 Å². The van der Waals surface area contributed by atoms with E-state index in [1.165, 1.54) is 0 Å². The molecule has 2 N–H and O–H groups in total. The van der Waals surface area contributed by atoms with E-state index in [2.05, 4.69) is 20.3 Å². The minimum atomic E-state index is -0.976. The van der Waals surface area contributed by atoms with Gasteiger partial charge in [-0.3, -0.25) is 9.69 Å². The highest BCUT2D eigenvalue weighted by Gasteiger charge is 2.35. The van der Waals surface area contributed by atoms with E-state index in [9.17, 15) is 9.90 Å².